The summed E-state index contributed by atoms with van der Waals surface area (Å²) in [5, 5.41) is 0. The van der Waals surface area contributed by atoms with Crippen molar-refractivity contribution in [2.75, 3.05) is 5.73 Å². The molecule has 0 fully saturated rings. The second kappa shape index (κ2) is 3.43. The molecule has 0 saturated carbocycles. The van der Waals surface area contributed by atoms with E-state index in [9.17, 15) is 8.42 Å². The second-order valence-electron chi connectivity index (χ2n) is 2.38. The van der Waals surface area contributed by atoms with Crippen LogP contribution in [0.5, 0.6) is 0 Å². The van der Waals surface area contributed by atoms with Crippen molar-refractivity contribution in [3.8, 4) is 0 Å². The number of aromatic nitrogens is 1. The van der Waals surface area contributed by atoms with Gasteiger partial charge in [-0.1, -0.05) is 0 Å². The fourth-order valence-electron chi connectivity index (χ4n) is 0.890. The summed E-state index contributed by atoms with van der Waals surface area (Å²) in [7, 11) is 1.34. The smallest absolute Gasteiger partial charge is 0.265 e. The van der Waals surface area contributed by atoms with Crippen LogP contribution in [-0.4, -0.2) is 13.4 Å². The lowest BCUT2D eigenvalue weighted by Crippen LogP contribution is -2.03. The normalized spacial score (nSPS) is 11.6. The number of nitrogens with two attached hydrogens (primary N) is 1. The second-order valence-corrected chi connectivity index (χ2v) is 5.74. The van der Waals surface area contributed by atoms with Crippen LogP contribution in [0.4, 0.5) is 5.82 Å². The van der Waals surface area contributed by atoms with Crippen LogP contribution in [0, 0.1) is 6.92 Å². The molecule has 1 aromatic rings. The molecule has 0 amide bonds. The van der Waals surface area contributed by atoms with Gasteiger partial charge in [0.2, 0.25) is 0 Å². The number of pyridine rings is 1. The Balaban J connectivity index is 3.62. The molecule has 72 valence electrons. The Morgan fingerprint density at radius 3 is 2.54 bits per heavy atom. The van der Waals surface area contributed by atoms with Crippen molar-refractivity contribution in [3.63, 3.8) is 0 Å². The summed E-state index contributed by atoms with van der Waals surface area (Å²) in [6.07, 6.45) is 1.43. The summed E-state index contributed by atoms with van der Waals surface area (Å²) < 4.78 is 22.7. The van der Waals surface area contributed by atoms with Gasteiger partial charge in [-0.3, -0.25) is 0 Å². The summed E-state index contributed by atoms with van der Waals surface area (Å²) in [6.45, 7) is 1.59. The monoisotopic (exact) mass is 284 g/mol. The number of nitrogen functional groups attached to an aromatic ring is 1. The molecule has 4 nitrogen and oxygen atoms in total. The molecular weight excluding hydrogens is 280 g/mol. The third-order valence-corrected chi connectivity index (χ3v) is 3.76. The van der Waals surface area contributed by atoms with Gasteiger partial charge in [-0.05, 0) is 28.4 Å². The van der Waals surface area contributed by atoms with Gasteiger partial charge in [-0.25, -0.2) is 13.4 Å². The third-order valence-electron chi connectivity index (χ3n) is 1.49. The van der Waals surface area contributed by atoms with E-state index < -0.39 is 9.05 Å². The Labute approximate surface area is 88.7 Å². The van der Waals surface area contributed by atoms with E-state index in [1.54, 1.807) is 6.92 Å². The van der Waals surface area contributed by atoms with E-state index in [4.69, 9.17) is 16.4 Å². The Morgan fingerprint density at radius 2 is 2.15 bits per heavy atom. The average molecular weight is 286 g/mol. The molecule has 0 spiro atoms. The Bertz CT molecular complexity index is 446. The van der Waals surface area contributed by atoms with Crippen LogP contribution in [0.25, 0.3) is 0 Å². The predicted octanol–water partition coefficient (Wildman–Crippen LogP) is 1.66. The van der Waals surface area contributed by atoms with Crippen molar-refractivity contribution in [2.45, 2.75) is 11.8 Å². The van der Waals surface area contributed by atoms with Crippen molar-refractivity contribution in [1.82, 2.24) is 4.98 Å². The zero-order chi connectivity index (χ0) is 10.2. The van der Waals surface area contributed by atoms with Gasteiger partial charge in [0.1, 0.15) is 10.7 Å². The summed E-state index contributed by atoms with van der Waals surface area (Å²) >= 11 is 3.13. The highest BCUT2D eigenvalue weighted by Crippen LogP contribution is 2.29. The number of nitrogens with zero attached hydrogens (tertiary/aromatic N) is 1. The average Bonchev–Trinajstić information content (AvgIpc) is 1.95. The van der Waals surface area contributed by atoms with Crippen molar-refractivity contribution in [2.24, 2.45) is 0 Å². The Morgan fingerprint density at radius 1 is 1.62 bits per heavy atom. The number of hydrogen-bond donors (Lipinski definition) is 1. The minimum atomic E-state index is -3.83. The van der Waals surface area contributed by atoms with Gasteiger partial charge in [-0.15, -0.1) is 0 Å². The van der Waals surface area contributed by atoms with E-state index in [0.29, 0.717) is 10.0 Å². The first-order chi connectivity index (χ1) is 5.84. The summed E-state index contributed by atoms with van der Waals surface area (Å²) in [4.78, 5) is 3.54. The molecule has 0 saturated heterocycles. The Hall–Kier alpha value is -0.330. The fraction of sp³-hybridized carbons (Fsp3) is 0.167. The quantitative estimate of drug-likeness (QED) is 0.797. The lowest BCUT2D eigenvalue weighted by atomic mass is 10.3. The third kappa shape index (κ3) is 2.12. The van der Waals surface area contributed by atoms with E-state index >= 15 is 0 Å². The van der Waals surface area contributed by atoms with E-state index in [1.807, 2.05) is 0 Å². The first-order valence-electron chi connectivity index (χ1n) is 3.19. The van der Waals surface area contributed by atoms with Gasteiger partial charge in [0.15, 0.2) is 0 Å². The molecule has 0 bridgehead atoms. The first-order valence-corrected chi connectivity index (χ1v) is 6.29. The number of halogens is 2. The van der Waals surface area contributed by atoms with E-state index in [2.05, 4.69) is 20.9 Å². The minimum Gasteiger partial charge on any atom is -0.383 e. The number of rotatable bonds is 1. The van der Waals surface area contributed by atoms with Crippen molar-refractivity contribution >= 4 is 41.5 Å². The van der Waals surface area contributed by atoms with Crippen LogP contribution in [-0.2, 0) is 9.05 Å². The highest BCUT2D eigenvalue weighted by Gasteiger charge is 2.19. The van der Waals surface area contributed by atoms with Crippen molar-refractivity contribution in [1.29, 1.82) is 0 Å². The van der Waals surface area contributed by atoms with E-state index in [1.165, 1.54) is 6.20 Å². The molecule has 13 heavy (non-hydrogen) atoms. The van der Waals surface area contributed by atoms with Crippen LogP contribution in [0.2, 0.25) is 0 Å². The molecular formula is C6H6BrClN2O2S. The molecule has 0 atom stereocenters. The molecule has 0 unspecified atom stereocenters. The fourth-order valence-corrected chi connectivity index (χ4v) is 2.68. The standard InChI is InChI=1S/C6H6BrClN2O2S/c1-3-4(7)2-10-6(9)5(3)13(8,11)12/h2H,1H3,(H2,9,10). The maximum Gasteiger partial charge on any atom is 0.265 e. The summed E-state index contributed by atoms with van der Waals surface area (Å²) in [5.41, 5.74) is 5.84. The first kappa shape index (κ1) is 10.7. The molecule has 1 heterocycles. The lowest BCUT2D eigenvalue weighted by molar-refractivity contribution is 0.609. The zero-order valence-corrected chi connectivity index (χ0v) is 9.74. The van der Waals surface area contributed by atoms with Gasteiger partial charge in [0.05, 0.1) is 0 Å². The molecule has 7 heteroatoms. The van der Waals surface area contributed by atoms with Gasteiger partial charge >= 0.3 is 0 Å². The largest absolute Gasteiger partial charge is 0.383 e. The maximum atomic E-state index is 11.1. The van der Waals surface area contributed by atoms with Crippen LogP contribution in [0.1, 0.15) is 5.56 Å². The van der Waals surface area contributed by atoms with Crippen molar-refractivity contribution < 1.29 is 8.42 Å². The molecule has 1 aromatic heterocycles. The van der Waals surface area contributed by atoms with Crippen molar-refractivity contribution in [3.05, 3.63) is 16.2 Å². The van der Waals surface area contributed by atoms with Crippen LogP contribution >= 0.6 is 26.6 Å². The maximum absolute atomic E-state index is 11.1. The van der Waals surface area contributed by atoms with Gasteiger partial charge in [-0.2, -0.15) is 0 Å². The molecule has 0 aliphatic rings. The lowest BCUT2D eigenvalue weighted by Gasteiger charge is -2.05. The van der Waals surface area contributed by atoms with E-state index in [0.717, 1.165) is 0 Å². The molecule has 0 aliphatic carbocycles. The SMILES string of the molecule is Cc1c(Br)cnc(N)c1S(=O)(=O)Cl. The van der Waals surface area contributed by atoms with E-state index in [-0.39, 0.29) is 10.7 Å². The minimum absolute atomic E-state index is 0.0873. The summed E-state index contributed by atoms with van der Waals surface area (Å²) in [5.74, 6) is -0.0873. The van der Waals surface area contributed by atoms with Gasteiger partial charge in [0, 0.05) is 21.4 Å². The topological polar surface area (TPSA) is 73.0 Å². The summed E-state index contributed by atoms with van der Waals surface area (Å²) in [6, 6.07) is 0. The number of hydrogen-bond acceptors (Lipinski definition) is 4. The van der Waals surface area contributed by atoms with Crippen LogP contribution in [0.15, 0.2) is 15.6 Å². The van der Waals surface area contributed by atoms with Gasteiger partial charge in [0.25, 0.3) is 9.05 Å². The predicted molar refractivity (Wildman–Crippen MR) is 54.1 cm³/mol. The van der Waals surface area contributed by atoms with Gasteiger partial charge < -0.3 is 5.73 Å². The molecule has 1 rings (SSSR count). The number of anilines is 1. The van der Waals surface area contributed by atoms with Crippen LogP contribution in [0.3, 0.4) is 0 Å². The molecule has 0 aliphatic heterocycles. The highest BCUT2D eigenvalue weighted by atomic mass is 79.9. The van der Waals surface area contributed by atoms with Crippen LogP contribution < -0.4 is 5.73 Å². The zero-order valence-electron chi connectivity index (χ0n) is 6.58. The Kier molecular flexibility index (Phi) is 2.84. The molecule has 0 aromatic carbocycles. The molecule has 2 N–H and O–H groups in total. The molecule has 0 radical (unpaired) electrons. The highest BCUT2D eigenvalue weighted by molar-refractivity contribution is 9.10.